The Morgan fingerprint density at radius 3 is 2.62 bits per heavy atom. The van der Waals surface area contributed by atoms with E-state index in [-0.39, 0.29) is 17.8 Å². The molecule has 138 valence electrons. The molecule has 1 amide bonds. The third-order valence-corrected chi connectivity index (χ3v) is 4.72. The number of para-hydroxylation sites is 1. The summed E-state index contributed by atoms with van der Waals surface area (Å²) < 4.78 is 18.9. The van der Waals surface area contributed by atoms with Gasteiger partial charge < -0.3 is 9.64 Å². The van der Waals surface area contributed by atoms with E-state index in [9.17, 15) is 9.18 Å². The van der Waals surface area contributed by atoms with Gasteiger partial charge in [-0.2, -0.15) is 0 Å². The van der Waals surface area contributed by atoms with Gasteiger partial charge in [-0.25, -0.2) is 4.39 Å². The van der Waals surface area contributed by atoms with E-state index in [1.165, 1.54) is 12.1 Å². The first-order valence-corrected chi connectivity index (χ1v) is 9.12. The smallest absolute Gasteiger partial charge is 0.228 e. The first kappa shape index (κ1) is 18.5. The lowest BCUT2D eigenvalue weighted by molar-refractivity contribution is -0.119. The van der Waals surface area contributed by atoms with Crippen molar-refractivity contribution in [1.29, 1.82) is 0 Å². The first-order chi connectivity index (χ1) is 12.7. The number of anilines is 1. The standard InChI is InChI=1S/C21H25FN2O2/c1-2-24(19-6-4-3-5-7-19)21(25)12-13-23-14-15-26-20(16-23)17-8-10-18(22)11-9-17/h3-11,20H,2,12-16H2,1H3/t20-/m1/s1. The summed E-state index contributed by atoms with van der Waals surface area (Å²) in [5.41, 5.74) is 1.91. The van der Waals surface area contributed by atoms with Crippen molar-refractivity contribution >= 4 is 11.6 Å². The maximum atomic E-state index is 13.1. The summed E-state index contributed by atoms with van der Waals surface area (Å²) in [6.45, 7) is 5.49. The third kappa shape index (κ3) is 4.68. The number of carbonyl (C=O) groups excluding carboxylic acids is 1. The van der Waals surface area contributed by atoms with Crippen LogP contribution in [0.3, 0.4) is 0 Å². The molecule has 0 aromatic heterocycles. The molecule has 1 atom stereocenters. The zero-order valence-corrected chi connectivity index (χ0v) is 15.1. The van der Waals surface area contributed by atoms with Gasteiger partial charge in [-0.15, -0.1) is 0 Å². The largest absolute Gasteiger partial charge is 0.371 e. The van der Waals surface area contributed by atoms with E-state index in [1.54, 1.807) is 12.1 Å². The van der Waals surface area contributed by atoms with Gasteiger partial charge in [0.15, 0.2) is 0 Å². The molecule has 1 aliphatic rings. The minimum absolute atomic E-state index is 0.0733. The van der Waals surface area contributed by atoms with E-state index in [1.807, 2.05) is 42.2 Å². The molecule has 1 aliphatic heterocycles. The van der Waals surface area contributed by atoms with Crippen LogP contribution in [0, 0.1) is 5.82 Å². The van der Waals surface area contributed by atoms with Crippen LogP contribution in [0.4, 0.5) is 10.1 Å². The molecule has 4 nitrogen and oxygen atoms in total. The highest BCUT2D eigenvalue weighted by molar-refractivity contribution is 5.93. The number of rotatable bonds is 6. The van der Waals surface area contributed by atoms with E-state index in [0.29, 0.717) is 26.1 Å². The molecule has 1 saturated heterocycles. The van der Waals surface area contributed by atoms with E-state index in [0.717, 1.165) is 24.3 Å². The second-order valence-electron chi connectivity index (χ2n) is 6.44. The molecule has 0 saturated carbocycles. The molecular formula is C21H25FN2O2. The minimum Gasteiger partial charge on any atom is -0.371 e. The van der Waals surface area contributed by atoms with Crippen molar-refractivity contribution in [3.05, 3.63) is 66.0 Å². The number of carbonyl (C=O) groups is 1. The normalized spacial score (nSPS) is 17.8. The lowest BCUT2D eigenvalue weighted by Gasteiger charge is -2.33. The second kappa shape index (κ2) is 8.92. The molecule has 2 aromatic rings. The fraction of sp³-hybridized carbons (Fsp3) is 0.381. The Bertz CT molecular complexity index is 706. The molecule has 5 heteroatoms. The molecule has 1 fully saturated rings. The van der Waals surface area contributed by atoms with Crippen molar-refractivity contribution in [3.8, 4) is 0 Å². The third-order valence-electron chi connectivity index (χ3n) is 4.72. The zero-order valence-electron chi connectivity index (χ0n) is 15.1. The van der Waals surface area contributed by atoms with Gasteiger partial charge in [-0.3, -0.25) is 9.69 Å². The number of hydrogen-bond acceptors (Lipinski definition) is 3. The SMILES string of the molecule is CCN(C(=O)CCN1CCO[C@@H](c2ccc(F)cc2)C1)c1ccccc1. The van der Waals surface area contributed by atoms with Gasteiger partial charge in [0, 0.05) is 38.3 Å². The Balaban J connectivity index is 1.55. The van der Waals surface area contributed by atoms with Gasteiger partial charge in [-0.1, -0.05) is 30.3 Å². The van der Waals surface area contributed by atoms with Gasteiger partial charge >= 0.3 is 0 Å². The Kier molecular flexibility index (Phi) is 6.36. The molecule has 0 aliphatic carbocycles. The van der Waals surface area contributed by atoms with E-state index < -0.39 is 0 Å². The van der Waals surface area contributed by atoms with E-state index in [4.69, 9.17) is 4.74 Å². The van der Waals surface area contributed by atoms with Crippen LogP contribution in [-0.2, 0) is 9.53 Å². The summed E-state index contributed by atoms with van der Waals surface area (Å²) in [6.07, 6.45) is 0.398. The van der Waals surface area contributed by atoms with Crippen LogP contribution in [0.15, 0.2) is 54.6 Å². The average molecular weight is 356 g/mol. The molecule has 1 heterocycles. The highest BCUT2D eigenvalue weighted by Gasteiger charge is 2.23. The number of nitrogens with zero attached hydrogens (tertiary/aromatic N) is 2. The Morgan fingerprint density at radius 2 is 1.92 bits per heavy atom. The van der Waals surface area contributed by atoms with Crippen molar-refractivity contribution in [2.75, 3.05) is 37.7 Å². The van der Waals surface area contributed by atoms with Crippen molar-refractivity contribution < 1.29 is 13.9 Å². The number of halogens is 1. The van der Waals surface area contributed by atoms with Crippen LogP contribution in [0.2, 0.25) is 0 Å². The van der Waals surface area contributed by atoms with Crippen LogP contribution in [0.1, 0.15) is 25.0 Å². The zero-order chi connectivity index (χ0) is 18.4. The number of hydrogen-bond donors (Lipinski definition) is 0. The van der Waals surface area contributed by atoms with Crippen molar-refractivity contribution in [3.63, 3.8) is 0 Å². The molecule has 0 spiro atoms. The molecular weight excluding hydrogens is 331 g/mol. The van der Waals surface area contributed by atoms with Crippen LogP contribution < -0.4 is 4.90 Å². The van der Waals surface area contributed by atoms with Gasteiger partial charge in [0.25, 0.3) is 0 Å². The maximum absolute atomic E-state index is 13.1. The fourth-order valence-electron chi connectivity index (χ4n) is 3.28. The molecule has 0 bridgehead atoms. The monoisotopic (exact) mass is 356 g/mol. The number of morpholine rings is 1. The van der Waals surface area contributed by atoms with E-state index >= 15 is 0 Å². The summed E-state index contributed by atoms with van der Waals surface area (Å²) in [6, 6.07) is 16.2. The van der Waals surface area contributed by atoms with E-state index in [2.05, 4.69) is 4.90 Å². The maximum Gasteiger partial charge on any atom is 0.228 e. The number of benzene rings is 2. The predicted octanol–water partition coefficient (Wildman–Crippen LogP) is 3.64. The van der Waals surface area contributed by atoms with Gasteiger partial charge in [0.05, 0.1) is 12.7 Å². The molecule has 0 radical (unpaired) electrons. The Morgan fingerprint density at radius 1 is 1.19 bits per heavy atom. The van der Waals surface area contributed by atoms with Crippen molar-refractivity contribution in [1.82, 2.24) is 4.90 Å². The summed E-state index contributed by atoms with van der Waals surface area (Å²) >= 11 is 0. The second-order valence-corrected chi connectivity index (χ2v) is 6.44. The Hall–Kier alpha value is -2.24. The van der Waals surface area contributed by atoms with Gasteiger partial charge in [0.2, 0.25) is 5.91 Å². The van der Waals surface area contributed by atoms with Crippen molar-refractivity contribution in [2.45, 2.75) is 19.4 Å². The molecule has 3 rings (SSSR count). The fourth-order valence-corrected chi connectivity index (χ4v) is 3.28. The van der Waals surface area contributed by atoms with Crippen LogP contribution in [-0.4, -0.2) is 43.6 Å². The summed E-state index contributed by atoms with van der Waals surface area (Å²) in [7, 11) is 0. The molecule has 0 N–H and O–H groups in total. The number of amides is 1. The lowest BCUT2D eigenvalue weighted by Crippen LogP contribution is -2.41. The minimum atomic E-state index is -0.243. The summed E-state index contributed by atoms with van der Waals surface area (Å²) in [5.74, 6) is -0.115. The first-order valence-electron chi connectivity index (χ1n) is 9.12. The van der Waals surface area contributed by atoms with Gasteiger partial charge in [0.1, 0.15) is 5.82 Å². The summed E-state index contributed by atoms with van der Waals surface area (Å²) in [5, 5.41) is 0. The van der Waals surface area contributed by atoms with Gasteiger partial charge in [-0.05, 0) is 36.8 Å². The summed E-state index contributed by atoms with van der Waals surface area (Å²) in [4.78, 5) is 16.7. The molecule has 26 heavy (non-hydrogen) atoms. The predicted molar refractivity (Wildman–Crippen MR) is 101 cm³/mol. The van der Waals surface area contributed by atoms with Crippen LogP contribution in [0.25, 0.3) is 0 Å². The highest BCUT2D eigenvalue weighted by atomic mass is 19.1. The van der Waals surface area contributed by atoms with Crippen LogP contribution in [0.5, 0.6) is 0 Å². The number of ether oxygens (including phenoxy) is 1. The lowest BCUT2D eigenvalue weighted by atomic mass is 10.1. The molecule has 2 aromatic carbocycles. The highest BCUT2D eigenvalue weighted by Crippen LogP contribution is 2.23. The molecule has 0 unspecified atom stereocenters. The topological polar surface area (TPSA) is 32.8 Å². The quantitative estimate of drug-likeness (QED) is 0.792. The Labute approximate surface area is 154 Å². The van der Waals surface area contributed by atoms with Crippen molar-refractivity contribution in [2.24, 2.45) is 0 Å². The van der Waals surface area contributed by atoms with Crippen LogP contribution >= 0.6 is 0 Å². The average Bonchev–Trinajstić information content (AvgIpc) is 2.68.